The SMILES string of the molecule is CN(C)C(=O)C1CCCN1C(=O)CC1(N)CCC1. The van der Waals surface area contributed by atoms with E-state index < -0.39 is 0 Å². The Kier molecular flexibility index (Phi) is 3.61. The first-order valence-electron chi connectivity index (χ1n) is 6.72. The van der Waals surface area contributed by atoms with Gasteiger partial charge in [0, 0.05) is 32.6 Å². The largest absolute Gasteiger partial charge is 0.347 e. The molecule has 1 atom stereocenters. The van der Waals surface area contributed by atoms with Crippen LogP contribution in [0.5, 0.6) is 0 Å². The molecule has 2 fully saturated rings. The van der Waals surface area contributed by atoms with Crippen molar-refractivity contribution in [2.45, 2.75) is 50.1 Å². The van der Waals surface area contributed by atoms with E-state index in [2.05, 4.69) is 0 Å². The van der Waals surface area contributed by atoms with Gasteiger partial charge in [-0.15, -0.1) is 0 Å². The average molecular weight is 253 g/mol. The summed E-state index contributed by atoms with van der Waals surface area (Å²) in [5.41, 5.74) is 5.81. The number of hydrogen-bond acceptors (Lipinski definition) is 3. The number of nitrogens with zero attached hydrogens (tertiary/aromatic N) is 2. The van der Waals surface area contributed by atoms with Crippen molar-refractivity contribution < 1.29 is 9.59 Å². The van der Waals surface area contributed by atoms with Crippen LogP contribution < -0.4 is 5.73 Å². The highest BCUT2D eigenvalue weighted by Gasteiger charge is 2.40. The summed E-state index contributed by atoms with van der Waals surface area (Å²) < 4.78 is 0. The Labute approximate surface area is 108 Å². The molecule has 2 rings (SSSR count). The van der Waals surface area contributed by atoms with E-state index in [1.807, 2.05) is 0 Å². The molecule has 18 heavy (non-hydrogen) atoms. The van der Waals surface area contributed by atoms with Gasteiger partial charge in [-0.25, -0.2) is 0 Å². The summed E-state index contributed by atoms with van der Waals surface area (Å²) in [5, 5.41) is 0. The van der Waals surface area contributed by atoms with Crippen LogP contribution in [-0.2, 0) is 9.59 Å². The van der Waals surface area contributed by atoms with Crippen LogP contribution in [0.1, 0.15) is 38.5 Å². The third-order valence-corrected chi connectivity index (χ3v) is 4.15. The van der Waals surface area contributed by atoms with Crippen LogP contribution in [0.25, 0.3) is 0 Å². The maximum absolute atomic E-state index is 12.3. The minimum absolute atomic E-state index is 0.0283. The summed E-state index contributed by atoms with van der Waals surface area (Å²) in [5.74, 6) is 0.0791. The molecule has 2 aliphatic rings. The molecule has 5 nitrogen and oxygen atoms in total. The second-order valence-electron chi connectivity index (χ2n) is 5.87. The van der Waals surface area contributed by atoms with Crippen LogP contribution in [0.15, 0.2) is 0 Å². The van der Waals surface area contributed by atoms with Crippen LogP contribution in [0, 0.1) is 0 Å². The summed E-state index contributed by atoms with van der Waals surface area (Å²) in [4.78, 5) is 27.6. The molecular formula is C13H23N3O2. The number of amides is 2. The molecule has 1 aliphatic heterocycles. The summed E-state index contributed by atoms with van der Waals surface area (Å²) in [6, 6.07) is -0.267. The number of carbonyl (C=O) groups excluding carboxylic acids is 2. The first-order chi connectivity index (χ1) is 8.43. The topological polar surface area (TPSA) is 66.6 Å². The Morgan fingerprint density at radius 2 is 2.00 bits per heavy atom. The Balaban J connectivity index is 1.98. The first kappa shape index (κ1) is 13.3. The van der Waals surface area contributed by atoms with Gasteiger partial charge in [0.2, 0.25) is 11.8 Å². The number of likely N-dealkylation sites (N-methyl/N-ethyl adjacent to an activating group) is 1. The number of carbonyl (C=O) groups is 2. The van der Waals surface area contributed by atoms with Crippen molar-refractivity contribution in [3.05, 3.63) is 0 Å². The van der Waals surface area contributed by atoms with Crippen LogP contribution >= 0.6 is 0 Å². The molecule has 1 saturated carbocycles. The first-order valence-corrected chi connectivity index (χ1v) is 6.72. The second kappa shape index (κ2) is 4.88. The van der Waals surface area contributed by atoms with E-state index >= 15 is 0 Å². The summed E-state index contributed by atoms with van der Waals surface area (Å²) >= 11 is 0. The number of likely N-dealkylation sites (tertiary alicyclic amines) is 1. The van der Waals surface area contributed by atoms with Gasteiger partial charge in [0.15, 0.2) is 0 Å². The zero-order valence-corrected chi connectivity index (χ0v) is 11.3. The molecule has 0 aromatic rings. The van der Waals surface area contributed by atoms with E-state index in [-0.39, 0.29) is 23.4 Å². The fourth-order valence-electron chi connectivity index (χ4n) is 2.83. The maximum atomic E-state index is 12.3. The highest BCUT2D eigenvalue weighted by atomic mass is 16.2. The van der Waals surface area contributed by atoms with Crippen molar-refractivity contribution in [3.8, 4) is 0 Å². The molecule has 2 amide bonds. The second-order valence-corrected chi connectivity index (χ2v) is 5.87. The number of nitrogens with two attached hydrogens (primary N) is 1. The fraction of sp³-hybridized carbons (Fsp3) is 0.846. The zero-order valence-electron chi connectivity index (χ0n) is 11.3. The van der Waals surface area contributed by atoms with Gasteiger partial charge in [0.25, 0.3) is 0 Å². The van der Waals surface area contributed by atoms with Crippen molar-refractivity contribution in [2.24, 2.45) is 5.73 Å². The minimum Gasteiger partial charge on any atom is -0.347 e. The van der Waals surface area contributed by atoms with Crippen molar-refractivity contribution in [1.29, 1.82) is 0 Å². The van der Waals surface area contributed by atoms with Crippen molar-refractivity contribution in [2.75, 3.05) is 20.6 Å². The summed E-state index contributed by atoms with van der Waals surface area (Å²) in [6.45, 7) is 0.694. The van der Waals surface area contributed by atoms with E-state index in [0.717, 1.165) is 32.1 Å². The van der Waals surface area contributed by atoms with Crippen LogP contribution in [0.4, 0.5) is 0 Å². The third-order valence-electron chi connectivity index (χ3n) is 4.15. The standard InChI is InChI=1S/C13H23N3O2/c1-15(2)12(18)10-5-3-8-16(10)11(17)9-13(14)6-4-7-13/h10H,3-9,14H2,1-2H3. The lowest BCUT2D eigenvalue weighted by Gasteiger charge is -2.39. The highest BCUT2D eigenvalue weighted by Crippen LogP contribution is 2.33. The van der Waals surface area contributed by atoms with Crippen molar-refractivity contribution in [3.63, 3.8) is 0 Å². The predicted molar refractivity (Wildman–Crippen MR) is 68.8 cm³/mol. The zero-order chi connectivity index (χ0) is 13.3. The lowest BCUT2D eigenvalue weighted by molar-refractivity contribution is -0.143. The quantitative estimate of drug-likeness (QED) is 0.788. The molecular weight excluding hydrogens is 230 g/mol. The lowest BCUT2D eigenvalue weighted by atomic mass is 9.75. The predicted octanol–water partition coefficient (Wildman–Crippen LogP) is 0.337. The maximum Gasteiger partial charge on any atom is 0.244 e. The molecule has 102 valence electrons. The molecule has 0 radical (unpaired) electrons. The minimum atomic E-state index is -0.300. The molecule has 1 saturated heterocycles. The van der Waals surface area contributed by atoms with Gasteiger partial charge in [-0.1, -0.05) is 0 Å². The summed E-state index contributed by atoms with van der Waals surface area (Å²) in [7, 11) is 3.47. The molecule has 5 heteroatoms. The molecule has 0 spiro atoms. The van der Waals surface area contributed by atoms with Crippen LogP contribution in [0.2, 0.25) is 0 Å². The summed E-state index contributed by atoms with van der Waals surface area (Å²) in [6.07, 6.45) is 5.06. The van der Waals surface area contributed by atoms with Crippen LogP contribution in [-0.4, -0.2) is 53.8 Å². The van der Waals surface area contributed by atoms with Gasteiger partial charge in [-0.3, -0.25) is 9.59 Å². The van der Waals surface area contributed by atoms with E-state index in [1.54, 1.807) is 23.9 Å². The molecule has 0 bridgehead atoms. The number of hydrogen-bond donors (Lipinski definition) is 1. The Bertz CT molecular complexity index is 350. The lowest BCUT2D eigenvalue weighted by Crippen LogP contribution is -2.53. The van der Waals surface area contributed by atoms with E-state index in [4.69, 9.17) is 5.73 Å². The van der Waals surface area contributed by atoms with Gasteiger partial charge >= 0.3 is 0 Å². The molecule has 1 aliphatic carbocycles. The Hall–Kier alpha value is -1.10. The third kappa shape index (κ3) is 2.51. The van der Waals surface area contributed by atoms with Gasteiger partial charge in [-0.2, -0.15) is 0 Å². The van der Waals surface area contributed by atoms with Crippen molar-refractivity contribution >= 4 is 11.8 Å². The Morgan fingerprint density at radius 3 is 2.50 bits per heavy atom. The van der Waals surface area contributed by atoms with Gasteiger partial charge in [0.05, 0.1) is 0 Å². The monoisotopic (exact) mass is 253 g/mol. The molecule has 0 aromatic carbocycles. The normalized spacial score (nSPS) is 25.7. The van der Waals surface area contributed by atoms with E-state index in [9.17, 15) is 9.59 Å². The highest BCUT2D eigenvalue weighted by molar-refractivity contribution is 5.88. The van der Waals surface area contributed by atoms with E-state index in [0.29, 0.717) is 13.0 Å². The molecule has 0 aromatic heterocycles. The smallest absolute Gasteiger partial charge is 0.244 e. The Morgan fingerprint density at radius 1 is 1.33 bits per heavy atom. The number of rotatable bonds is 3. The van der Waals surface area contributed by atoms with Gasteiger partial charge in [-0.05, 0) is 32.1 Å². The van der Waals surface area contributed by atoms with Gasteiger partial charge in [0.1, 0.15) is 6.04 Å². The molecule has 1 heterocycles. The van der Waals surface area contributed by atoms with Gasteiger partial charge < -0.3 is 15.5 Å². The molecule has 2 N–H and O–H groups in total. The van der Waals surface area contributed by atoms with Crippen molar-refractivity contribution in [1.82, 2.24) is 9.80 Å². The molecule has 1 unspecified atom stereocenters. The van der Waals surface area contributed by atoms with Crippen LogP contribution in [0.3, 0.4) is 0 Å². The van der Waals surface area contributed by atoms with E-state index in [1.165, 1.54) is 0 Å². The average Bonchev–Trinajstić information content (AvgIpc) is 2.74. The fourth-order valence-corrected chi connectivity index (χ4v) is 2.83.